The number of alkyl halides is 2. The molecule has 1 aliphatic heterocycles. The van der Waals surface area contributed by atoms with Gasteiger partial charge in [0.1, 0.15) is 12.1 Å². The molecule has 0 bridgehead atoms. The highest BCUT2D eigenvalue weighted by Crippen LogP contribution is 2.46. The number of hydrogen-bond donors (Lipinski definition) is 4. The molecule has 3 rings (SSSR count). The summed E-state index contributed by atoms with van der Waals surface area (Å²) in [6.45, 7) is 4.35. The number of Topliss-reactive ketones (excluding diaryl/α,β-unsaturated/α-hetero) is 1. The third-order valence-corrected chi connectivity index (χ3v) is 7.86. The Bertz CT molecular complexity index is 927. The van der Waals surface area contributed by atoms with Gasteiger partial charge in [-0.25, -0.2) is 13.6 Å². The van der Waals surface area contributed by atoms with Crippen LogP contribution in [0.4, 0.5) is 13.6 Å². The Balaban J connectivity index is 1.83. The molecule has 10 nitrogen and oxygen atoms in total. The molecule has 1 heterocycles. The number of nitrogens with zero attached hydrogens (tertiary/aromatic N) is 1. The molecule has 12 heteroatoms. The molecule has 0 aromatic carbocycles. The third-order valence-electron chi connectivity index (χ3n) is 7.86. The summed E-state index contributed by atoms with van der Waals surface area (Å²) in [5.41, 5.74) is -0.319. The van der Waals surface area contributed by atoms with Crippen molar-refractivity contribution in [2.45, 2.75) is 115 Å². The van der Waals surface area contributed by atoms with Crippen LogP contribution in [0.3, 0.4) is 0 Å². The Labute approximate surface area is 221 Å². The minimum Gasteiger partial charge on any atom is -0.465 e. The highest BCUT2D eigenvalue weighted by Gasteiger charge is 2.51. The summed E-state index contributed by atoms with van der Waals surface area (Å²) in [6, 6.07) is -3.69. The number of likely N-dealkylation sites (tertiary alicyclic amines) is 1. The number of carbonyl (C=O) groups is 5. The lowest BCUT2D eigenvalue weighted by Crippen LogP contribution is -2.57. The van der Waals surface area contributed by atoms with Gasteiger partial charge in [-0.1, -0.05) is 33.1 Å². The molecular weight excluding hydrogens is 502 g/mol. The SMILES string of the molecule is CC(C)C(NC(=O)O)C(=O)N1CC2(CCCCC2)CC1C(=O)NC(CCC(C)(F)F)C(=O)C(=O)NC1CC1. The van der Waals surface area contributed by atoms with E-state index in [9.17, 15) is 37.9 Å². The number of carbonyl (C=O) groups excluding carboxylic acids is 4. The van der Waals surface area contributed by atoms with Gasteiger partial charge in [0.05, 0.1) is 6.04 Å². The van der Waals surface area contributed by atoms with Crippen LogP contribution in [0, 0.1) is 11.3 Å². The van der Waals surface area contributed by atoms with Gasteiger partial charge in [0, 0.05) is 19.0 Å². The Kier molecular flexibility index (Phi) is 9.35. The molecule has 1 spiro atoms. The topological polar surface area (TPSA) is 145 Å². The first-order valence-electron chi connectivity index (χ1n) is 13.5. The van der Waals surface area contributed by atoms with Gasteiger partial charge in [0.15, 0.2) is 0 Å². The molecule has 2 saturated carbocycles. The fourth-order valence-corrected chi connectivity index (χ4v) is 5.59. The van der Waals surface area contributed by atoms with Gasteiger partial charge in [-0.3, -0.25) is 19.2 Å². The first kappa shape index (κ1) is 29.8. The normalized spacial score (nSPS) is 22.6. The van der Waals surface area contributed by atoms with Gasteiger partial charge in [-0.05, 0) is 56.8 Å². The van der Waals surface area contributed by atoms with Crippen molar-refractivity contribution in [2.75, 3.05) is 6.54 Å². The quantitative estimate of drug-likeness (QED) is 0.296. The van der Waals surface area contributed by atoms with Crippen LogP contribution < -0.4 is 16.0 Å². The molecule has 0 radical (unpaired) electrons. The van der Waals surface area contributed by atoms with E-state index in [2.05, 4.69) is 16.0 Å². The maximum Gasteiger partial charge on any atom is 0.405 e. The van der Waals surface area contributed by atoms with Gasteiger partial charge in [0.2, 0.25) is 23.5 Å². The third kappa shape index (κ3) is 7.86. The van der Waals surface area contributed by atoms with Crippen LogP contribution in [0.2, 0.25) is 0 Å². The monoisotopic (exact) mass is 542 g/mol. The number of carboxylic acid groups (broad SMARTS) is 1. The number of amides is 4. The van der Waals surface area contributed by atoms with Crippen LogP contribution in [-0.4, -0.2) is 76.2 Å². The molecule has 38 heavy (non-hydrogen) atoms. The smallest absolute Gasteiger partial charge is 0.405 e. The first-order valence-corrected chi connectivity index (χ1v) is 13.5. The largest absolute Gasteiger partial charge is 0.465 e. The summed E-state index contributed by atoms with van der Waals surface area (Å²) in [5, 5.41) is 16.6. The van der Waals surface area contributed by atoms with E-state index in [0.29, 0.717) is 13.3 Å². The maximum absolute atomic E-state index is 13.6. The molecule has 3 aliphatic rings. The number of ketones is 1. The average Bonchev–Trinajstić information content (AvgIpc) is 3.57. The molecule has 4 amide bonds. The molecule has 2 aliphatic carbocycles. The average molecular weight is 543 g/mol. The van der Waals surface area contributed by atoms with E-state index in [-0.39, 0.29) is 18.0 Å². The highest BCUT2D eigenvalue weighted by molar-refractivity contribution is 6.38. The van der Waals surface area contributed by atoms with Gasteiger partial charge in [0.25, 0.3) is 5.91 Å². The molecule has 1 saturated heterocycles. The van der Waals surface area contributed by atoms with Crippen LogP contribution in [0.25, 0.3) is 0 Å². The second-order valence-electron chi connectivity index (χ2n) is 11.7. The van der Waals surface area contributed by atoms with E-state index in [1.807, 2.05) is 0 Å². The standard InChI is InChI=1S/C26H40F2N4O6/c1-15(2)19(31-24(37)38)23(36)32-14-26(10-5-4-6-11-26)13-18(32)21(34)30-17(9-12-25(3,27)28)20(33)22(35)29-16-7-8-16/h15-19,31H,4-14H2,1-3H3,(H,29,35)(H,30,34)(H,37,38). The summed E-state index contributed by atoms with van der Waals surface area (Å²) in [7, 11) is 0. The van der Waals surface area contributed by atoms with Crippen molar-refractivity contribution in [3.05, 3.63) is 0 Å². The van der Waals surface area contributed by atoms with Gasteiger partial charge in [-0.15, -0.1) is 0 Å². The summed E-state index contributed by atoms with van der Waals surface area (Å²) in [6.07, 6.45) is 3.77. The highest BCUT2D eigenvalue weighted by atomic mass is 19.3. The van der Waals surface area contributed by atoms with Crippen molar-refractivity contribution < 1.29 is 37.9 Å². The summed E-state index contributed by atoms with van der Waals surface area (Å²) < 4.78 is 27.3. The molecule has 0 aromatic heterocycles. The van der Waals surface area contributed by atoms with Crippen LogP contribution in [-0.2, 0) is 19.2 Å². The van der Waals surface area contributed by atoms with Crippen LogP contribution in [0.5, 0.6) is 0 Å². The van der Waals surface area contributed by atoms with E-state index < -0.39 is 72.4 Å². The van der Waals surface area contributed by atoms with Gasteiger partial charge < -0.3 is 26.0 Å². The van der Waals surface area contributed by atoms with E-state index in [4.69, 9.17) is 0 Å². The lowest BCUT2D eigenvalue weighted by molar-refractivity contribution is -0.143. The van der Waals surface area contributed by atoms with E-state index in [0.717, 1.165) is 44.9 Å². The molecule has 214 valence electrons. The Morgan fingerprint density at radius 3 is 2.21 bits per heavy atom. The van der Waals surface area contributed by atoms with Gasteiger partial charge in [-0.2, -0.15) is 0 Å². The van der Waals surface area contributed by atoms with Crippen molar-refractivity contribution >= 4 is 29.6 Å². The maximum atomic E-state index is 13.6. The second-order valence-corrected chi connectivity index (χ2v) is 11.7. The molecule has 3 atom stereocenters. The fraction of sp³-hybridized carbons (Fsp3) is 0.808. The van der Waals surface area contributed by atoms with Crippen LogP contribution >= 0.6 is 0 Å². The summed E-state index contributed by atoms with van der Waals surface area (Å²) in [5.74, 6) is -6.66. The van der Waals surface area contributed by atoms with Crippen molar-refractivity contribution in [1.29, 1.82) is 0 Å². The van der Waals surface area contributed by atoms with E-state index in [1.54, 1.807) is 13.8 Å². The molecule has 0 aromatic rings. The molecular formula is C26H40F2N4O6. The predicted molar refractivity (Wildman–Crippen MR) is 133 cm³/mol. The lowest BCUT2D eigenvalue weighted by Gasteiger charge is -2.34. The minimum absolute atomic E-state index is 0.126. The van der Waals surface area contributed by atoms with Crippen molar-refractivity contribution in [2.24, 2.45) is 11.3 Å². The molecule has 4 N–H and O–H groups in total. The lowest BCUT2D eigenvalue weighted by atomic mass is 9.72. The number of halogens is 2. The number of nitrogens with one attached hydrogen (secondary N) is 3. The Morgan fingerprint density at radius 2 is 1.68 bits per heavy atom. The van der Waals surface area contributed by atoms with Crippen molar-refractivity contribution in [3.63, 3.8) is 0 Å². The fourth-order valence-electron chi connectivity index (χ4n) is 5.59. The Hall–Kier alpha value is -2.79. The zero-order valence-corrected chi connectivity index (χ0v) is 22.4. The van der Waals surface area contributed by atoms with Gasteiger partial charge >= 0.3 is 6.09 Å². The predicted octanol–water partition coefficient (Wildman–Crippen LogP) is 2.60. The number of rotatable bonds is 11. The minimum atomic E-state index is -3.11. The van der Waals surface area contributed by atoms with Crippen LogP contribution in [0.1, 0.15) is 85.0 Å². The first-order chi connectivity index (χ1) is 17.7. The zero-order chi connectivity index (χ0) is 28.3. The second kappa shape index (κ2) is 11.9. The Morgan fingerprint density at radius 1 is 1.05 bits per heavy atom. The summed E-state index contributed by atoms with van der Waals surface area (Å²) >= 11 is 0. The molecule has 3 unspecified atom stereocenters. The van der Waals surface area contributed by atoms with Crippen molar-refractivity contribution in [1.82, 2.24) is 20.9 Å². The van der Waals surface area contributed by atoms with Crippen molar-refractivity contribution in [3.8, 4) is 0 Å². The zero-order valence-electron chi connectivity index (χ0n) is 22.4. The number of hydrogen-bond acceptors (Lipinski definition) is 5. The molecule has 3 fully saturated rings. The van der Waals surface area contributed by atoms with Crippen LogP contribution in [0.15, 0.2) is 0 Å². The van der Waals surface area contributed by atoms with E-state index >= 15 is 0 Å². The summed E-state index contributed by atoms with van der Waals surface area (Å²) in [4.78, 5) is 65.2. The van der Waals surface area contributed by atoms with E-state index in [1.165, 1.54) is 4.90 Å².